The summed E-state index contributed by atoms with van der Waals surface area (Å²) in [7, 11) is 0. The summed E-state index contributed by atoms with van der Waals surface area (Å²) in [5, 5.41) is 6.04. The van der Waals surface area contributed by atoms with Gasteiger partial charge in [0.25, 0.3) is 5.91 Å². The summed E-state index contributed by atoms with van der Waals surface area (Å²) in [6.07, 6.45) is 2.96. The van der Waals surface area contributed by atoms with E-state index in [1.165, 1.54) is 0 Å². The summed E-state index contributed by atoms with van der Waals surface area (Å²) < 4.78 is 5.54. The molecule has 2 fully saturated rings. The maximum absolute atomic E-state index is 13.1. The van der Waals surface area contributed by atoms with Crippen molar-refractivity contribution in [2.45, 2.75) is 66.0 Å². The van der Waals surface area contributed by atoms with Crippen molar-refractivity contribution < 1.29 is 14.3 Å². The number of rotatable bonds is 6. The van der Waals surface area contributed by atoms with Crippen LogP contribution in [-0.2, 0) is 9.53 Å². The number of nitrogens with zero attached hydrogens (tertiary/aromatic N) is 1. The van der Waals surface area contributed by atoms with Crippen LogP contribution in [0.5, 0.6) is 0 Å². The lowest BCUT2D eigenvalue weighted by atomic mass is 9.84. The van der Waals surface area contributed by atoms with Crippen molar-refractivity contribution in [1.82, 2.24) is 10.6 Å². The fourth-order valence-corrected chi connectivity index (χ4v) is 4.98. The number of anilines is 1. The summed E-state index contributed by atoms with van der Waals surface area (Å²) >= 11 is 0. The van der Waals surface area contributed by atoms with E-state index in [0.717, 1.165) is 55.8 Å². The van der Waals surface area contributed by atoms with Crippen molar-refractivity contribution in [1.29, 1.82) is 0 Å². The van der Waals surface area contributed by atoms with E-state index in [1.54, 1.807) is 0 Å². The smallest absolute Gasteiger partial charge is 0.251 e. The highest BCUT2D eigenvalue weighted by atomic mass is 16.5. The molecule has 3 atom stereocenters. The van der Waals surface area contributed by atoms with Crippen LogP contribution in [0.25, 0.3) is 0 Å². The van der Waals surface area contributed by atoms with Gasteiger partial charge in [0.2, 0.25) is 5.91 Å². The van der Waals surface area contributed by atoms with E-state index in [4.69, 9.17) is 4.74 Å². The quantitative estimate of drug-likeness (QED) is 0.749. The van der Waals surface area contributed by atoms with Crippen molar-refractivity contribution in [2.75, 3.05) is 31.2 Å². The topological polar surface area (TPSA) is 70.7 Å². The lowest BCUT2D eigenvalue weighted by Crippen LogP contribution is -2.50. The number of aryl methyl sites for hydroxylation is 1. The van der Waals surface area contributed by atoms with Gasteiger partial charge in [-0.3, -0.25) is 9.59 Å². The summed E-state index contributed by atoms with van der Waals surface area (Å²) in [5.74, 6) is 0.0235. The molecule has 0 aliphatic carbocycles. The molecule has 2 N–H and O–H groups in total. The summed E-state index contributed by atoms with van der Waals surface area (Å²) in [4.78, 5) is 27.9. The van der Waals surface area contributed by atoms with Crippen molar-refractivity contribution in [3.63, 3.8) is 0 Å². The van der Waals surface area contributed by atoms with Gasteiger partial charge in [-0.15, -0.1) is 0 Å². The molecule has 3 unspecified atom stereocenters. The third-order valence-electron chi connectivity index (χ3n) is 6.67. The largest absolute Gasteiger partial charge is 0.381 e. The highest BCUT2D eigenvalue weighted by Gasteiger charge is 2.32. The second-order valence-corrected chi connectivity index (χ2v) is 9.03. The highest BCUT2D eigenvalue weighted by Crippen LogP contribution is 2.30. The van der Waals surface area contributed by atoms with Crippen LogP contribution in [0.15, 0.2) is 12.1 Å². The number of piperidine rings is 1. The first-order valence-corrected chi connectivity index (χ1v) is 11.4. The molecule has 3 rings (SSSR count). The summed E-state index contributed by atoms with van der Waals surface area (Å²) in [5.41, 5.74) is 3.91. The first-order valence-electron chi connectivity index (χ1n) is 11.4. The number of hydrogen-bond donors (Lipinski definition) is 2. The fraction of sp³-hybridized carbons (Fsp3) is 0.667. The van der Waals surface area contributed by atoms with E-state index in [1.807, 2.05) is 26.8 Å². The van der Waals surface area contributed by atoms with Gasteiger partial charge in [-0.05, 0) is 76.1 Å². The van der Waals surface area contributed by atoms with E-state index >= 15 is 0 Å². The van der Waals surface area contributed by atoms with E-state index in [2.05, 4.69) is 35.4 Å². The zero-order chi connectivity index (χ0) is 21.8. The molecule has 6 heteroatoms. The van der Waals surface area contributed by atoms with Crippen molar-refractivity contribution in [3.05, 3.63) is 28.8 Å². The Bertz CT molecular complexity index is 773. The summed E-state index contributed by atoms with van der Waals surface area (Å²) in [6, 6.07) is 4.78. The fourth-order valence-electron chi connectivity index (χ4n) is 4.98. The van der Waals surface area contributed by atoms with Gasteiger partial charge in [-0.25, -0.2) is 0 Å². The minimum atomic E-state index is -0.177. The van der Waals surface area contributed by atoms with Crippen LogP contribution < -0.4 is 15.5 Å². The minimum Gasteiger partial charge on any atom is -0.381 e. The van der Waals surface area contributed by atoms with Gasteiger partial charge < -0.3 is 20.3 Å². The number of carbonyl (C=O) groups is 2. The SMILES string of the molecule is CCN(c1cc(C)cc(C(=O)NCC2C(=O)NC(C)CC2C)c1C)C1CCOCC1. The van der Waals surface area contributed by atoms with Gasteiger partial charge >= 0.3 is 0 Å². The standard InChI is InChI=1S/C24H37N3O3/c1-6-27(19-7-9-30-10-8-19)22-12-15(2)11-20(18(22)5)23(28)25-14-21-16(3)13-17(4)26-24(21)29/h11-12,16-17,19,21H,6-10,13-14H2,1-5H3,(H,25,28)(H,26,29). The van der Waals surface area contributed by atoms with E-state index in [0.29, 0.717) is 18.2 Å². The molecule has 0 bridgehead atoms. The van der Waals surface area contributed by atoms with Crippen LogP contribution in [0.2, 0.25) is 0 Å². The number of hydrogen-bond acceptors (Lipinski definition) is 4. The van der Waals surface area contributed by atoms with Gasteiger partial charge in [0.05, 0.1) is 5.92 Å². The molecule has 2 heterocycles. The molecule has 30 heavy (non-hydrogen) atoms. The van der Waals surface area contributed by atoms with Crippen LogP contribution in [0.1, 0.15) is 61.5 Å². The van der Waals surface area contributed by atoms with Gasteiger partial charge in [0, 0.05) is 49.6 Å². The molecule has 0 saturated carbocycles. The van der Waals surface area contributed by atoms with Gasteiger partial charge in [0.15, 0.2) is 0 Å². The molecule has 0 spiro atoms. The average Bonchev–Trinajstić information content (AvgIpc) is 2.70. The molecule has 1 aromatic rings. The normalized spacial score (nSPS) is 25.0. The Kier molecular flexibility index (Phi) is 7.40. The third kappa shape index (κ3) is 4.97. The number of amides is 2. The zero-order valence-corrected chi connectivity index (χ0v) is 19.1. The monoisotopic (exact) mass is 415 g/mol. The van der Waals surface area contributed by atoms with Gasteiger partial charge in [-0.2, -0.15) is 0 Å². The van der Waals surface area contributed by atoms with E-state index in [-0.39, 0.29) is 29.7 Å². The molecular formula is C24H37N3O3. The molecular weight excluding hydrogens is 378 g/mol. The predicted molar refractivity (Wildman–Crippen MR) is 120 cm³/mol. The Morgan fingerprint density at radius 1 is 1.23 bits per heavy atom. The molecule has 6 nitrogen and oxygen atoms in total. The molecule has 2 aliphatic heterocycles. The number of ether oxygens (including phenoxy) is 1. The van der Waals surface area contributed by atoms with E-state index < -0.39 is 0 Å². The van der Waals surface area contributed by atoms with Crippen LogP contribution in [0, 0.1) is 25.7 Å². The second kappa shape index (κ2) is 9.82. The Balaban J connectivity index is 1.77. The average molecular weight is 416 g/mol. The molecule has 2 saturated heterocycles. The highest BCUT2D eigenvalue weighted by molar-refractivity contribution is 5.97. The number of carbonyl (C=O) groups excluding carboxylic acids is 2. The number of benzene rings is 1. The zero-order valence-electron chi connectivity index (χ0n) is 19.1. The molecule has 166 valence electrons. The molecule has 1 aromatic carbocycles. The van der Waals surface area contributed by atoms with Crippen molar-refractivity contribution in [3.8, 4) is 0 Å². The first kappa shape index (κ1) is 22.6. The molecule has 0 radical (unpaired) electrons. The second-order valence-electron chi connectivity index (χ2n) is 9.03. The number of nitrogens with one attached hydrogen (secondary N) is 2. The Labute approximate surface area is 180 Å². The van der Waals surface area contributed by atoms with Gasteiger partial charge in [-0.1, -0.05) is 6.92 Å². The third-order valence-corrected chi connectivity index (χ3v) is 6.67. The first-order chi connectivity index (χ1) is 14.3. The Hall–Kier alpha value is -2.08. The Morgan fingerprint density at radius 2 is 1.93 bits per heavy atom. The molecule has 2 amide bonds. The maximum Gasteiger partial charge on any atom is 0.251 e. The maximum atomic E-state index is 13.1. The lowest BCUT2D eigenvalue weighted by molar-refractivity contribution is -0.129. The van der Waals surface area contributed by atoms with Gasteiger partial charge in [0.1, 0.15) is 0 Å². The van der Waals surface area contributed by atoms with Crippen LogP contribution in [0.4, 0.5) is 5.69 Å². The van der Waals surface area contributed by atoms with Crippen molar-refractivity contribution in [2.24, 2.45) is 11.8 Å². The van der Waals surface area contributed by atoms with Crippen LogP contribution in [0.3, 0.4) is 0 Å². The Morgan fingerprint density at radius 3 is 2.57 bits per heavy atom. The molecule has 2 aliphatic rings. The van der Waals surface area contributed by atoms with Crippen molar-refractivity contribution >= 4 is 17.5 Å². The van der Waals surface area contributed by atoms with Crippen LogP contribution >= 0.6 is 0 Å². The summed E-state index contributed by atoms with van der Waals surface area (Å²) in [6.45, 7) is 13.2. The minimum absolute atomic E-state index is 0.0416. The molecule has 0 aromatic heterocycles. The van der Waals surface area contributed by atoms with E-state index in [9.17, 15) is 9.59 Å². The predicted octanol–water partition coefficient (Wildman–Crippen LogP) is 3.20. The van der Waals surface area contributed by atoms with Crippen LogP contribution in [-0.4, -0.2) is 50.2 Å². The lowest BCUT2D eigenvalue weighted by Gasteiger charge is -2.37.